The van der Waals surface area contributed by atoms with E-state index in [-0.39, 0.29) is 0 Å². The fourth-order valence-electron chi connectivity index (χ4n) is 7.13. The van der Waals surface area contributed by atoms with Gasteiger partial charge < -0.3 is 0 Å². The zero-order valence-electron chi connectivity index (χ0n) is 23.0. The fraction of sp³-hybridized carbons (Fsp3) is 0. The summed E-state index contributed by atoms with van der Waals surface area (Å²) in [6.07, 6.45) is 0. The molecule has 0 aliphatic heterocycles. The SMILES string of the molecule is c1ccc(-c2ccc3c(c2)c2ccccc2c2c4ccccc4c4ccccc4c32)c(-c2ccc3ccccc3c2)c1. The minimum Gasteiger partial charge on any atom is -0.0616 e. The normalized spacial score (nSPS) is 11.8. The van der Waals surface area contributed by atoms with E-state index in [1.165, 1.54) is 86.9 Å². The van der Waals surface area contributed by atoms with Gasteiger partial charge in [-0.25, -0.2) is 0 Å². The highest BCUT2D eigenvalue weighted by molar-refractivity contribution is 6.39. The molecule has 9 rings (SSSR count). The van der Waals surface area contributed by atoms with Crippen molar-refractivity contribution in [1.82, 2.24) is 0 Å². The quantitative estimate of drug-likeness (QED) is 0.195. The lowest BCUT2D eigenvalue weighted by Gasteiger charge is -2.17. The molecule has 9 aromatic rings. The minimum absolute atomic E-state index is 1.24. The third-order valence-electron chi connectivity index (χ3n) is 9.01. The van der Waals surface area contributed by atoms with Crippen LogP contribution in [0.1, 0.15) is 0 Å². The van der Waals surface area contributed by atoms with Crippen molar-refractivity contribution in [2.24, 2.45) is 0 Å². The van der Waals surface area contributed by atoms with Gasteiger partial charge in [-0.15, -0.1) is 0 Å². The predicted molar refractivity (Wildman–Crippen MR) is 182 cm³/mol. The smallest absolute Gasteiger partial charge is 0.00139 e. The van der Waals surface area contributed by atoms with Crippen LogP contribution >= 0.6 is 0 Å². The van der Waals surface area contributed by atoms with Gasteiger partial charge in [-0.1, -0.05) is 146 Å². The van der Waals surface area contributed by atoms with Crippen molar-refractivity contribution in [1.29, 1.82) is 0 Å². The Labute approximate surface area is 244 Å². The van der Waals surface area contributed by atoms with Crippen molar-refractivity contribution in [2.45, 2.75) is 0 Å². The molecule has 0 spiro atoms. The zero-order valence-corrected chi connectivity index (χ0v) is 23.0. The first-order valence-electron chi connectivity index (χ1n) is 14.6. The second-order valence-corrected chi connectivity index (χ2v) is 11.3. The van der Waals surface area contributed by atoms with Crippen molar-refractivity contribution < 1.29 is 0 Å². The summed E-state index contributed by atoms with van der Waals surface area (Å²) in [7, 11) is 0. The molecule has 0 heterocycles. The molecule has 0 heteroatoms. The third-order valence-corrected chi connectivity index (χ3v) is 9.01. The standard InChI is InChI=1S/C42H26/c1-2-12-28-25-29(22-21-27(28)11-1)31-13-3-4-14-32(31)30-23-24-39-40(26-30)35-17-7-10-20-38(35)41-36-18-8-5-15-33(36)34-16-6-9-19-37(34)42(39)41/h1-26H. The predicted octanol–water partition coefficient (Wildman–Crippen LogP) is 11.9. The van der Waals surface area contributed by atoms with Crippen LogP contribution in [0.5, 0.6) is 0 Å². The van der Waals surface area contributed by atoms with E-state index >= 15 is 0 Å². The Morgan fingerprint density at radius 1 is 0.238 bits per heavy atom. The van der Waals surface area contributed by atoms with Crippen LogP contribution in [-0.2, 0) is 0 Å². The lowest BCUT2D eigenvalue weighted by atomic mass is 9.86. The largest absolute Gasteiger partial charge is 0.0616 e. The van der Waals surface area contributed by atoms with Gasteiger partial charge in [0.05, 0.1) is 0 Å². The Balaban J connectivity index is 1.38. The van der Waals surface area contributed by atoms with E-state index in [0.717, 1.165) is 0 Å². The molecule has 0 saturated heterocycles. The average molecular weight is 531 g/mol. The Kier molecular flexibility index (Phi) is 5.00. The molecule has 0 unspecified atom stereocenters. The molecular weight excluding hydrogens is 504 g/mol. The molecule has 42 heavy (non-hydrogen) atoms. The van der Waals surface area contributed by atoms with E-state index in [2.05, 4.69) is 158 Å². The molecular formula is C42H26. The van der Waals surface area contributed by atoms with E-state index in [1.807, 2.05) is 0 Å². The molecule has 0 radical (unpaired) electrons. The Morgan fingerprint density at radius 3 is 1.24 bits per heavy atom. The molecule has 0 N–H and O–H groups in total. The van der Waals surface area contributed by atoms with Crippen molar-refractivity contribution in [3.8, 4) is 22.3 Å². The maximum atomic E-state index is 2.42. The Bertz CT molecular complexity index is 2510. The van der Waals surface area contributed by atoms with Crippen LogP contribution in [0.15, 0.2) is 158 Å². The highest BCUT2D eigenvalue weighted by Crippen LogP contribution is 2.45. The number of hydrogen-bond donors (Lipinski definition) is 0. The maximum absolute atomic E-state index is 2.42. The van der Waals surface area contributed by atoms with E-state index in [1.54, 1.807) is 0 Å². The lowest BCUT2D eigenvalue weighted by Crippen LogP contribution is -1.90. The molecule has 0 fully saturated rings. The Morgan fingerprint density at radius 2 is 0.643 bits per heavy atom. The summed E-state index contributed by atoms with van der Waals surface area (Å²) in [4.78, 5) is 0. The zero-order chi connectivity index (χ0) is 27.6. The van der Waals surface area contributed by atoms with Gasteiger partial charge in [-0.2, -0.15) is 0 Å². The van der Waals surface area contributed by atoms with Gasteiger partial charge in [0.1, 0.15) is 0 Å². The number of fused-ring (bicyclic) bond motifs is 12. The molecule has 0 atom stereocenters. The maximum Gasteiger partial charge on any atom is -0.00139 e. The number of hydrogen-bond acceptors (Lipinski definition) is 0. The first-order valence-corrected chi connectivity index (χ1v) is 14.6. The number of rotatable bonds is 2. The molecule has 0 nitrogen and oxygen atoms in total. The molecule has 0 aliphatic carbocycles. The van der Waals surface area contributed by atoms with Crippen LogP contribution in [-0.4, -0.2) is 0 Å². The van der Waals surface area contributed by atoms with Crippen LogP contribution in [0.3, 0.4) is 0 Å². The lowest BCUT2D eigenvalue weighted by molar-refractivity contribution is 1.61. The molecule has 194 valence electrons. The summed E-state index contributed by atoms with van der Waals surface area (Å²) in [5, 5.41) is 15.7. The molecule has 0 saturated carbocycles. The molecule has 0 aliphatic rings. The summed E-state index contributed by atoms with van der Waals surface area (Å²) in [5.41, 5.74) is 4.98. The van der Waals surface area contributed by atoms with Gasteiger partial charge in [0, 0.05) is 0 Å². The van der Waals surface area contributed by atoms with Crippen molar-refractivity contribution in [3.63, 3.8) is 0 Å². The van der Waals surface area contributed by atoms with Crippen LogP contribution in [0.2, 0.25) is 0 Å². The Hall–Kier alpha value is -5.46. The summed E-state index contributed by atoms with van der Waals surface area (Å²) in [6, 6.07) is 58.0. The van der Waals surface area contributed by atoms with Gasteiger partial charge in [0.2, 0.25) is 0 Å². The van der Waals surface area contributed by atoms with E-state index in [9.17, 15) is 0 Å². The van der Waals surface area contributed by atoms with Crippen LogP contribution in [0.4, 0.5) is 0 Å². The first kappa shape index (κ1) is 23.3. The topological polar surface area (TPSA) is 0 Å². The van der Waals surface area contributed by atoms with Crippen molar-refractivity contribution in [3.05, 3.63) is 158 Å². The summed E-state index contributed by atoms with van der Waals surface area (Å²) < 4.78 is 0. The van der Waals surface area contributed by atoms with Crippen molar-refractivity contribution in [2.75, 3.05) is 0 Å². The number of benzene rings is 9. The summed E-state index contributed by atoms with van der Waals surface area (Å²) in [5.74, 6) is 0. The van der Waals surface area contributed by atoms with Gasteiger partial charge in [0.15, 0.2) is 0 Å². The van der Waals surface area contributed by atoms with Crippen LogP contribution in [0, 0.1) is 0 Å². The summed E-state index contributed by atoms with van der Waals surface area (Å²) >= 11 is 0. The second kappa shape index (κ2) is 9.03. The minimum atomic E-state index is 1.24. The fourth-order valence-corrected chi connectivity index (χ4v) is 7.13. The van der Waals surface area contributed by atoms with Gasteiger partial charge in [-0.3, -0.25) is 0 Å². The second-order valence-electron chi connectivity index (χ2n) is 11.3. The van der Waals surface area contributed by atoms with Crippen molar-refractivity contribution >= 4 is 64.6 Å². The average Bonchev–Trinajstić information content (AvgIpc) is 3.07. The highest BCUT2D eigenvalue weighted by atomic mass is 14.2. The molecule has 9 aromatic carbocycles. The van der Waals surface area contributed by atoms with E-state index in [4.69, 9.17) is 0 Å². The van der Waals surface area contributed by atoms with E-state index < -0.39 is 0 Å². The first-order chi connectivity index (χ1) is 20.8. The monoisotopic (exact) mass is 530 g/mol. The molecule has 0 amide bonds. The molecule has 0 aromatic heterocycles. The third kappa shape index (κ3) is 3.36. The highest BCUT2D eigenvalue weighted by Gasteiger charge is 2.17. The van der Waals surface area contributed by atoms with Gasteiger partial charge >= 0.3 is 0 Å². The van der Waals surface area contributed by atoms with Gasteiger partial charge in [-0.05, 0) is 99.0 Å². The van der Waals surface area contributed by atoms with Crippen LogP contribution in [0.25, 0.3) is 86.9 Å². The van der Waals surface area contributed by atoms with E-state index in [0.29, 0.717) is 0 Å². The summed E-state index contributed by atoms with van der Waals surface area (Å²) in [6.45, 7) is 0. The molecule has 0 bridgehead atoms. The van der Waals surface area contributed by atoms with Gasteiger partial charge in [0.25, 0.3) is 0 Å². The van der Waals surface area contributed by atoms with Crippen LogP contribution < -0.4 is 0 Å².